The van der Waals surface area contributed by atoms with Gasteiger partial charge in [0.05, 0.1) is 12.1 Å². The summed E-state index contributed by atoms with van der Waals surface area (Å²) in [7, 11) is 0. The van der Waals surface area contributed by atoms with Crippen LogP contribution in [-0.2, 0) is 11.2 Å². The number of nitrogen functional groups attached to an aromatic ring is 1. The Labute approximate surface area is 96.4 Å². The standard InChI is InChI=1S/C11H10N2O2S/c12-11-13-10(7-4-2-1-3-5-7)8(16-11)6-9(14)15/h1-5H,6H2,(H2,12,13)(H,14,15). The number of hydrogen-bond donors (Lipinski definition) is 2. The highest BCUT2D eigenvalue weighted by Gasteiger charge is 2.13. The van der Waals surface area contributed by atoms with E-state index in [1.54, 1.807) is 0 Å². The van der Waals surface area contributed by atoms with Gasteiger partial charge in [-0.05, 0) is 0 Å². The molecule has 16 heavy (non-hydrogen) atoms. The van der Waals surface area contributed by atoms with Crippen LogP contribution in [0.1, 0.15) is 4.88 Å². The zero-order chi connectivity index (χ0) is 11.5. The molecule has 1 heterocycles. The Hall–Kier alpha value is -1.88. The normalized spacial score (nSPS) is 10.2. The molecule has 0 bridgehead atoms. The lowest BCUT2D eigenvalue weighted by Gasteiger charge is -1.99. The molecule has 0 aliphatic rings. The Kier molecular flexibility index (Phi) is 2.87. The Bertz CT molecular complexity index is 508. The highest BCUT2D eigenvalue weighted by Crippen LogP contribution is 2.29. The number of rotatable bonds is 3. The van der Waals surface area contributed by atoms with Gasteiger partial charge in [-0.3, -0.25) is 4.79 Å². The molecule has 1 aromatic heterocycles. The maximum atomic E-state index is 10.7. The van der Waals surface area contributed by atoms with Gasteiger partial charge in [0.25, 0.3) is 0 Å². The number of benzene rings is 1. The van der Waals surface area contributed by atoms with Crippen LogP contribution in [0.3, 0.4) is 0 Å². The topological polar surface area (TPSA) is 76.2 Å². The fraction of sp³-hybridized carbons (Fsp3) is 0.0909. The quantitative estimate of drug-likeness (QED) is 0.851. The Morgan fingerprint density at radius 1 is 1.38 bits per heavy atom. The van der Waals surface area contributed by atoms with Crippen LogP contribution in [0.4, 0.5) is 5.13 Å². The van der Waals surface area contributed by atoms with E-state index in [9.17, 15) is 4.79 Å². The minimum absolute atomic E-state index is 0.0426. The van der Waals surface area contributed by atoms with Gasteiger partial charge >= 0.3 is 5.97 Å². The van der Waals surface area contributed by atoms with Crippen LogP contribution in [0.2, 0.25) is 0 Å². The van der Waals surface area contributed by atoms with Gasteiger partial charge in [-0.1, -0.05) is 30.3 Å². The molecule has 2 rings (SSSR count). The second-order valence-electron chi connectivity index (χ2n) is 3.26. The Morgan fingerprint density at radius 2 is 2.06 bits per heavy atom. The third-order valence-corrected chi connectivity index (χ3v) is 2.96. The lowest BCUT2D eigenvalue weighted by Crippen LogP contribution is -1.99. The first kappa shape index (κ1) is 10.6. The van der Waals surface area contributed by atoms with Crippen LogP contribution in [-0.4, -0.2) is 16.1 Å². The lowest BCUT2D eigenvalue weighted by molar-refractivity contribution is -0.136. The molecule has 1 aromatic carbocycles. The Morgan fingerprint density at radius 3 is 2.69 bits per heavy atom. The largest absolute Gasteiger partial charge is 0.481 e. The van der Waals surface area contributed by atoms with Gasteiger partial charge in [0.15, 0.2) is 5.13 Å². The van der Waals surface area contributed by atoms with E-state index in [2.05, 4.69) is 4.98 Å². The number of anilines is 1. The molecule has 0 spiro atoms. The van der Waals surface area contributed by atoms with Crippen molar-refractivity contribution < 1.29 is 9.90 Å². The minimum atomic E-state index is -0.874. The van der Waals surface area contributed by atoms with Crippen molar-refractivity contribution in [2.75, 3.05) is 5.73 Å². The van der Waals surface area contributed by atoms with E-state index in [0.717, 1.165) is 5.56 Å². The summed E-state index contributed by atoms with van der Waals surface area (Å²) in [6.45, 7) is 0. The lowest BCUT2D eigenvalue weighted by atomic mass is 10.1. The van der Waals surface area contributed by atoms with E-state index in [0.29, 0.717) is 15.7 Å². The number of carbonyl (C=O) groups is 1. The molecule has 0 unspecified atom stereocenters. The zero-order valence-corrected chi connectivity index (χ0v) is 9.20. The first-order valence-corrected chi connectivity index (χ1v) is 5.51. The molecule has 3 N–H and O–H groups in total. The molecule has 0 radical (unpaired) electrons. The first-order chi connectivity index (χ1) is 7.66. The summed E-state index contributed by atoms with van der Waals surface area (Å²) in [6.07, 6.45) is -0.0426. The average molecular weight is 234 g/mol. The number of aromatic nitrogens is 1. The number of nitrogens with two attached hydrogens (primary N) is 1. The van der Waals surface area contributed by atoms with E-state index >= 15 is 0 Å². The molecule has 0 saturated heterocycles. The fourth-order valence-electron chi connectivity index (χ4n) is 1.45. The summed E-state index contributed by atoms with van der Waals surface area (Å²) < 4.78 is 0. The van der Waals surface area contributed by atoms with Crippen LogP contribution in [0.15, 0.2) is 30.3 Å². The van der Waals surface area contributed by atoms with Gasteiger partial charge in [0.2, 0.25) is 0 Å². The van der Waals surface area contributed by atoms with Crippen LogP contribution >= 0.6 is 11.3 Å². The van der Waals surface area contributed by atoms with Crippen LogP contribution < -0.4 is 5.73 Å². The molecular formula is C11H10N2O2S. The summed E-state index contributed by atoms with van der Waals surface area (Å²) in [4.78, 5) is 15.6. The van der Waals surface area contributed by atoms with Crippen molar-refractivity contribution in [1.82, 2.24) is 4.98 Å². The van der Waals surface area contributed by atoms with Crippen molar-refractivity contribution in [3.8, 4) is 11.3 Å². The molecule has 2 aromatic rings. The second-order valence-corrected chi connectivity index (χ2v) is 4.38. The van der Waals surface area contributed by atoms with Gasteiger partial charge in [-0.15, -0.1) is 11.3 Å². The number of carboxylic acid groups (broad SMARTS) is 1. The van der Waals surface area contributed by atoms with Crippen molar-refractivity contribution in [2.45, 2.75) is 6.42 Å². The van der Waals surface area contributed by atoms with E-state index < -0.39 is 5.97 Å². The van der Waals surface area contributed by atoms with Crippen molar-refractivity contribution >= 4 is 22.4 Å². The summed E-state index contributed by atoms with van der Waals surface area (Å²) in [5, 5.41) is 9.18. The molecular weight excluding hydrogens is 224 g/mol. The molecule has 0 amide bonds. The van der Waals surface area contributed by atoms with Crippen molar-refractivity contribution in [3.05, 3.63) is 35.2 Å². The monoisotopic (exact) mass is 234 g/mol. The van der Waals surface area contributed by atoms with Crippen molar-refractivity contribution in [3.63, 3.8) is 0 Å². The van der Waals surface area contributed by atoms with Crippen molar-refractivity contribution in [2.24, 2.45) is 0 Å². The van der Waals surface area contributed by atoms with E-state index in [1.165, 1.54) is 11.3 Å². The van der Waals surface area contributed by atoms with Gasteiger partial charge in [-0.2, -0.15) is 0 Å². The first-order valence-electron chi connectivity index (χ1n) is 4.69. The molecule has 82 valence electrons. The number of thiazole rings is 1. The smallest absolute Gasteiger partial charge is 0.308 e. The summed E-state index contributed by atoms with van der Waals surface area (Å²) in [5.41, 5.74) is 7.17. The maximum Gasteiger partial charge on any atom is 0.308 e. The second kappa shape index (κ2) is 4.32. The predicted molar refractivity (Wildman–Crippen MR) is 63.3 cm³/mol. The fourth-order valence-corrected chi connectivity index (χ4v) is 2.29. The highest BCUT2D eigenvalue weighted by molar-refractivity contribution is 7.15. The zero-order valence-electron chi connectivity index (χ0n) is 8.38. The van der Waals surface area contributed by atoms with Crippen LogP contribution in [0.25, 0.3) is 11.3 Å². The average Bonchev–Trinajstić information content (AvgIpc) is 2.60. The minimum Gasteiger partial charge on any atom is -0.481 e. The summed E-state index contributed by atoms with van der Waals surface area (Å²) in [6, 6.07) is 9.45. The molecule has 0 atom stereocenters. The summed E-state index contributed by atoms with van der Waals surface area (Å²) >= 11 is 1.22. The van der Waals surface area contributed by atoms with Gasteiger partial charge in [0, 0.05) is 10.4 Å². The van der Waals surface area contributed by atoms with Crippen molar-refractivity contribution in [1.29, 1.82) is 0 Å². The van der Waals surface area contributed by atoms with Gasteiger partial charge in [-0.25, -0.2) is 4.98 Å². The molecule has 5 heteroatoms. The number of aliphatic carboxylic acids is 1. The van der Waals surface area contributed by atoms with Gasteiger partial charge in [0.1, 0.15) is 0 Å². The number of hydrogen-bond acceptors (Lipinski definition) is 4. The SMILES string of the molecule is Nc1nc(-c2ccccc2)c(CC(=O)O)s1. The molecule has 0 aliphatic carbocycles. The molecule has 0 aliphatic heterocycles. The molecule has 0 fully saturated rings. The van der Waals surface area contributed by atoms with Crippen LogP contribution in [0, 0.1) is 0 Å². The molecule has 4 nitrogen and oxygen atoms in total. The molecule has 0 saturated carbocycles. The van der Waals surface area contributed by atoms with E-state index in [4.69, 9.17) is 10.8 Å². The highest BCUT2D eigenvalue weighted by atomic mass is 32.1. The third kappa shape index (κ3) is 2.20. The summed E-state index contributed by atoms with van der Waals surface area (Å²) in [5.74, 6) is -0.874. The number of carboxylic acids is 1. The number of nitrogens with zero attached hydrogens (tertiary/aromatic N) is 1. The maximum absolute atomic E-state index is 10.7. The Balaban J connectivity index is 2.44. The third-order valence-electron chi connectivity index (χ3n) is 2.07. The van der Waals surface area contributed by atoms with E-state index in [-0.39, 0.29) is 6.42 Å². The van der Waals surface area contributed by atoms with Gasteiger partial charge < -0.3 is 10.8 Å². The van der Waals surface area contributed by atoms with Crippen LogP contribution in [0.5, 0.6) is 0 Å². The predicted octanol–water partition coefficient (Wildman–Crippen LogP) is 2.02. The van der Waals surface area contributed by atoms with E-state index in [1.807, 2.05) is 30.3 Å².